The summed E-state index contributed by atoms with van der Waals surface area (Å²) in [5, 5.41) is 2.54. The molecule has 0 saturated heterocycles. The number of anilines is 1. The predicted molar refractivity (Wildman–Crippen MR) is 91.9 cm³/mol. The van der Waals surface area contributed by atoms with Gasteiger partial charge in [-0.3, -0.25) is 4.79 Å². The molecule has 1 aromatic heterocycles. The number of amides is 1. The first-order valence-corrected chi connectivity index (χ1v) is 7.86. The number of aromatic nitrogens is 2. The van der Waals surface area contributed by atoms with Crippen LogP contribution in [0.25, 0.3) is 11.0 Å². The molecule has 25 heavy (non-hydrogen) atoms. The van der Waals surface area contributed by atoms with Crippen LogP contribution in [0.5, 0.6) is 0 Å². The summed E-state index contributed by atoms with van der Waals surface area (Å²) in [4.78, 5) is 40.1. The first kappa shape index (κ1) is 16.9. The van der Waals surface area contributed by atoms with E-state index >= 15 is 0 Å². The van der Waals surface area contributed by atoms with Gasteiger partial charge in [-0.1, -0.05) is 12.1 Å². The van der Waals surface area contributed by atoms with Gasteiger partial charge < -0.3 is 20.0 Å². The smallest absolute Gasteiger partial charge is 0.341 e. The Balaban J connectivity index is 1.66. The zero-order valence-electron chi connectivity index (χ0n) is 12.6. The van der Waals surface area contributed by atoms with Crippen LogP contribution < -0.4 is 11.0 Å². The molecule has 3 N–H and O–H groups in total. The molecule has 0 unspecified atom stereocenters. The van der Waals surface area contributed by atoms with Gasteiger partial charge in [-0.05, 0) is 40.2 Å². The van der Waals surface area contributed by atoms with Gasteiger partial charge in [0.05, 0.1) is 22.3 Å². The molecule has 0 spiro atoms. The second kappa shape index (κ2) is 6.89. The van der Waals surface area contributed by atoms with Crippen molar-refractivity contribution in [1.29, 1.82) is 0 Å². The van der Waals surface area contributed by atoms with E-state index in [1.54, 1.807) is 12.1 Å². The molecule has 0 saturated carbocycles. The maximum atomic E-state index is 13.5. The van der Waals surface area contributed by atoms with Gasteiger partial charge in [0.15, 0.2) is 6.61 Å². The van der Waals surface area contributed by atoms with Crippen LogP contribution >= 0.6 is 15.9 Å². The van der Waals surface area contributed by atoms with Gasteiger partial charge in [-0.2, -0.15) is 0 Å². The maximum absolute atomic E-state index is 13.5. The van der Waals surface area contributed by atoms with E-state index in [9.17, 15) is 18.8 Å². The third kappa shape index (κ3) is 3.77. The summed E-state index contributed by atoms with van der Waals surface area (Å²) >= 11 is 3.27. The standard InChI is InChI=1S/C16H11BrFN3O4/c17-9-5-12-13(21-16(24)20-12)6-11(9)19-14(22)7-25-15(23)8-3-1-2-4-10(8)18/h1-6H,7H2,(H,19,22)(H2,20,21,24). The average Bonchev–Trinajstić information content (AvgIpc) is 2.92. The van der Waals surface area contributed by atoms with Crippen LogP contribution in [0.4, 0.5) is 10.1 Å². The number of ether oxygens (including phenoxy) is 1. The number of imidazole rings is 1. The van der Waals surface area contributed by atoms with Gasteiger partial charge in [-0.15, -0.1) is 0 Å². The highest BCUT2D eigenvalue weighted by Crippen LogP contribution is 2.26. The van der Waals surface area contributed by atoms with Crippen molar-refractivity contribution < 1.29 is 18.7 Å². The molecule has 0 atom stereocenters. The minimum absolute atomic E-state index is 0.247. The lowest BCUT2D eigenvalue weighted by atomic mass is 10.2. The summed E-state index contributed by atoms with van der Waals surface area (Å²) in [5.74, 6) is -2.27. The minimum atomic E-state index is -0.933. The highest BCUT2D eigenvalue weighted by atomic mass is 79.9. The molecular weight excluding hydrogens is 397 g/mol. The molecule has 0 fully saturated rings. The Morgan fingerprint density at radius 2 is 1.84 bits per heavy atom. The predicted octanol–water partition coefficient (Wildman–Crippen LogP) is 2.55. The molecular formula is C16H11BrFN3O4. The fourth-order valence-electron chi connectivity index (χ4n) is 2.17. The van der Waals surface area contributed by atoms with E-state index in [0.29, 0.717) is 21.2 Å². The van der Waals surface area contributed by atoms with Crippen molar-refractivity contribution in [3.05, 3.63) is 62.7 Å². The van der Waals surface area contributed by atoms with Crippen LogP contribution in [0, 0.1) is 5.82 Å². The minimum Gasteiger partial charge on any atom is -0.452 e. The van der Waals surface area contributed by atoms with Gasteiger partial charge >= 0.3 is 11.7 Å². The lowest BCUT2D eigenvalue weighted by Gasteiger charge is -2.09. The monoisotopic (exact) mass is 407 g/mol. The van der Waals surface area contributed by atoms with E-state index < -0.39 is 24.3 Å². The average molecular weight is 408 g/mol. The molecule has 2 aromatic carbocycles. The number of hydrogen-bond donors (Lipinski definition) is 3. The first-order chi connectivity index (χ1) is 11.9. The van der Waals surface area contributed by atoms with Crippen LogP contribution in [-0.2, 0) is 9.53 Å². The molecule has 0 radical (unpaired) electrons. The SMILES string of the molecule is O=C(COC(=O)c1ccccc1F)Nc1cc2[nH]c(=O)[nH]c2cc1Br. The third-order valence-electron chi connectivity index (χ3n) is 3.31. The Kier molecular flexibility index (Phi) is 4.66. The summed E-state index contributed by atoms with van der Waals surface area (Å²) in [7, 11) is 0. The van der Waals surface area contributed by atoms with E-state index in [1.165, 1.54) is 18.2 Å². The van der Waals surface area contributed by atoms with Gasteiger partial charge in [0, 0.05) is 4.47 Å². The van der Waals surface area contributed by atoms with E-state index in [2.05, 4.69) is 31.2 Å². The Bertz CT molecular complexity index is 1030. The van der Waals surface area contributed by atoms with E-state index in [4.69, 9.17) is 4.74 Å². The number of aromatic amines is 2. The third-order valence-corrected chi connectivity index (χ3v) is 3.96. The van der Waals surface area contributed by atoms with Crippen molar-refractivity contribution in [2.45, 2.75) is 0 Å². The van der Waals surface area contributed by atoms with E-state index in [1.807, 2.05) is 0 Å². The highest BCUT2D eigenvalue weighted by Gasteiger charge is 2.15. The lowest BCUT2D eigenvalue weighted by molar-refractivity contribution is -0.119. The normalized spacial score (nSPS) is 10.6. The summed E-state index contributed by atoms with van der Waals surface area (Å²) in [6.07, 6.45) is 0. The Labute approximate surface area is 148 Å². The molecule has 3 aromatic rings. The highest BCUT2D eigenvalue weighted by molar-refractivity contribution is 9.10. The molecule has 3 rings (SSSR count). The van der Waals surface area contributed by atoms with Crippen molar-refractivity contribution in [3.8, 4) is 0 Å². The topological polar surface area (TPSA) is 104 Å². The van der Waals surface area contributed by atoms with Gasteiger partial charge in [0.25, 0.3) is 5.91 Å². The van der Waals surface area contributed by atoms with E-state index in [0.717, 1.165) is 6.07 Å². The number of nitrogens with one attached hydrogen (secondary N) is 3. The van der Waals surface area contributed by atoms with Gasteiger partial charge in [0.2, 0.25) is 0 Å². The second-order valence-electron chi connectivity index (χ2n) is 5.06. The molecule has 1 amide bonds. The number of halogens is 2. The number of benzene rings is 2. The van der Waals surface area contributed by atoms with Crippen LogP contribution in [-0.4, -0.2) is 28.5 Å². The fraction of sp³-hybridized carbons (Fsp3) is 0.0625. The first-order valence-electron chi connectivity index (χ1n) is 7.07. The Morgan fingerprint density at radius 1 is 1.16 bits per heavy atom. The largest absolute Gasteiger partial charge is 0.452 e. The number of fused-ring (bicyclic) bond motifs is 1. The zero-order chi connectivity index (χ0) is 18.0. The molecule has 128 valence electrons. The molecule has 0 bridgehead atoms. The number of carbonyl (C=O) groups is 2. The van der Waals surface area contributed by atoms with Crippen LogP contribution in [0.15, 0.2) is 45.7 Å². The fourth-order valence-corrected chi connectivity index (χ4v) is 2.62. The Morgan fingerprint density at radius 3 is 2.56 bits per heavy atom. The molecule has 0 aliphatic carbocycles. The molecule has 9 heteroatoms. The van der Waals surface area contributed by atoms with Crippen molar-refractivity contribution in [2.24, 2.45) is 0 Å². The maximum Gasteiger partial charge on any atom is 0.341 e. The summed E-state index contributed by atoms with van der Waals surface area (Å²) < 4.78 is 18.8. The molecule has 0 aliphatic rings. The van der Waals surface area contributed by atoms with E-state index in [-0.39, 0.29) is 11.3 Å². The van der Waals surface area contributed by atoms with Crippen molar-refractivity contribution in [3.63, 3.8) is 0 Å². The summed E-state index contributed by atoms with van der Waals surface area (Å²) in [6, 6.07) is 8.49. The van der Waals surface area contributed by atoms with Crippen LogP contribution in [0.2, 0.25) is 0 Å². The van der Waals surface area contributed by atoms with Crippen LogP contribution in [0.3, 0.4) is 0 Å². The summed E-state index contributed by atoms with van der Waals surface area (Å²) in [6.45, 7) is -0.582. The van der Waals surface area contributed by atoms with Gasteiger partial charge in [0.1, 0.15) is 5.82 Å². The summed E-state index contributed by atoms with van der Waals surface area (Å²) in [5.41, 5.74) is 0.842. The number of rotatable bonds is 4. The lowest BCUT2D eigenvalue weighted by Crippen LogP contribution is -2.21. The number of hydrogen-bond acceptors (Lipinski definition) is 4. The zero-order valence-corrected chi connectivity index (χ0v) is 14.1. The second-order valence-corrected chi connectivity index (χ2v) is 5.92. The van der Waals surface area contributed by atoms with Crippen molar-refractivity contribution in [1.82, 2.24) is 9.97 Å². The Hall–Kier alpha value is -2.94. The van der Waals surface area contributed by atoms with Crippen molar-refractivity contribution >= 4 is 44.5 Å². The van der Waals surface area contributed by atoms with Crippen molar-refractivity contribution in [2.75, 3.05) is 11.9 Å². The van der Waals surface area contributed by atoms with Crippen LogP contribution in [0.1, 0.15) is 10.4 Å². The molecule has 7 nitrogen and oxygen atoms in total. The molecule has 1 heterocycles. The number of carbonyl (C=O) groups excluding carboxylic acids is 2. The van der Waals surface area contributed by atoms with Gasteiger partial charge in [-0.25, -0.2) is 14.0 Å². The quantitative estimate of drug-likeness (QED) is 0.578. The molecule has 0 aliphatic heterocycles. The number of esters is 1. The number of H-pyrrole nitrogens is 2.